The van der Waals surface area contributed by atoms with Gasteiger partial charge in [0.05, 0.1) is 2.88 Å². The van der Waals surface area contributed by atoms with Gasteiger partial charge in [0.25, 0.3) is 0 Å². The standard InChI is InChI=1S/C14H15ClINS/c1-2-17-13(11-8-14(16)18-9-11)7-10-5-3-4-6-12(10)15/h3-6,8-9,13,17H,2,7H2,1H3. The number of rotatable bonds is 5. The highest BCUT2D eigenvalue weighted by Gasteiger charge is 2.14. The number of nitrogens with one attached hydrogen (secondary N) is 1. The molecular formula is C14H15ClINS. The number of likely N-dealkylation sites (N-methyl/N-ethyl adjacent to an activating group) is 1. The van der Waals surface area contributed by atoms with Crippen molar-refractivity contribution in [2.24, 2.45) is 0 Å². The van der Waals surface area contributed by atoms with Crippen molar-refractivity contribution in [2.75, 3.05) is 6.54 Å². The normalized spacial score (nSPS) is 12.6. The van der Waals surface area contributed by atoms with Gasteiger partial charge >= 0.3 is 0 Å². The van der Waals surface area contributed by atoms with Crippen molar-refractivity contribution < 1.29 is 0 Å². The van der Waals surface area contributed by atoms with Gasteiger partial charge in [0.15, 0.2) is 0 Å². The minimum atomic E-state index is 0.342. The van der Waals surface area contributed by atoms with E-state index >= 15 is 0 Å². The van der Waals surface area contributed by atoms with E-state index in [9.17, 15) is 0 Å². The Balaban J connectivity index is 2.19. The maximum absolute atomic E-state index is 6.23. The molecule has 1 nitrogen and oxygen atoms in total. The van der Waals surface area contributed by atoms with Crippen molar-refractivity contribution in [1.82, 2.24) is 5.32 Å². The summed E-state index contributed by atoms with van der Waals surface area (Å²) in [5.41, 5.74) is 2.55. The molecule has 2 rings (SSSR count). The molecule has 0 aliphatic heterocycles. The van der Waals surface area contributed by atoms with Crippen LogP contribution in [0.5, 0.6) is 0 Å². The first-order valence-electron chi connectivity index (χ1n) is 5.91. The Morgan fingerprint density at radius 2 is 2.17 bits per heavy atom. The molecular weight excluding hydrogens is 377 g/mol. The van der Waals surface area contributed by atoms with Gasteiger partial charge in [-0.1, -0.05) is 36.7 Å². The highest BCUT2D eigenvalue weighted by molar-refractivity contribution is 14.1. The zero-order chi connectivity index (χ0) is 13.0. The van der Waals surface area contributed by atoms with Crippen molar-refractivity contribution in [2.45, 2.75) is 19.4 Å². The quantitative estimate of drug-likeness (QED) is 0.715. The molecule has 1 unspecified atom stereocenters. The molecule has 18 heavy (non-hydrogen) atoms. The fourth-order valence-electron chi connectivity index (χ4n) is 1.94. The van der Waals surface area contributed by atoms with Crippen molar-refractivity contribution in [3.63, 3.8) is 0 Å². The molecule has 0 aliphatic carbocycles. The monoisotopic (exact) mass is 391 g/mol. The van der Waals surface area contributed by atoms with Crippen LogP contribution in [-0.4, -0.2) is 6.54 Å². The summed E-state index contributed by atoms with van der Waals surface area (Å²) >= 11 is 10.4. The first-order chi connectivity index (χ1) is 8.70. The summed E-state index contributed by atoms with van der Waals surface area (Å²) in [6.45, 7) is 3.10. The summed E-state index contributed by atoms with van der Waals surface area (Å²) in [7, 11) is 0. The van der Waals surface area contributed by atoms with E-state index in [2.05, 4.69) is 52.3 Å². The SMILES string of the molecule is CCNC(Cc1ccccc1Cl)c1csc(I)c1. The number of halogens is 2. The number of hydrogen-bond donors (Lipinski definition) is 1. The molecule has 1 heterocycles. The van der Waals surface area contributed by atoms with Crippen LogP contribution in [0.1, 0.15) is 24.1 Å². The van der Waals surface area contributed by atoms with Crippen molar-refractivity contribution in [3.8, 4) is 0 Å². The first-order valence-corrected chi connectivity index (χ1v) is 8.25. The zero-order valence-electron chi connectivity index (χ0n) is 10.1. The van der Waals surface area contributed by atoms with E-state index in [0.29, 0.717) is 6.04 Å². The minimum absolute atomic E-state index is 0.342. The molecule has 2 aromatic rings. The van der Waals surface area contributed by atoms with E-state index in [-0.39, 0.29) is 0 Å². The van der Waals surface area contributed by atoms with Crippen LogP contribution in [0, 0.1) is 2.88 Å². The first kappa shape index (κ1) is 14.3. The molecule has 0 bridgehead atoms. The van der Waals surface area contributed by atoms with Gasteiger partial charge in [0.1, 0.15) is 0 Å². The van der Waals surface area contributed by atoms with Crippen LogP contribution in [0.15, 0.2) is 35.7 Å². The fourth-order valence-corrected chi connectivity index (χ4v) is 3.58. The third kappa shape index (κ3) is 3.70. The second-order valence-corrected chi connectivity index (χ2v) is 7.30. The van der Waals surface area contributed by atoms with E-state index in [1.807, 2.05) is 18.2 Å². The molecule has 0 radical (unpaired) electrons. The van der Waals surface area contributed by atoms with Crippen LogP contribution in [0.4, 0.5) is 0 Å². The average molecular weight is 392 g/mol. The Morgan fingerprint density at radius 1 is 1.39 bits per heavy atom. The zero-order valence-corrected chi connectivity index (χ0v) is 13.8. The van der Waals surface area contributed by atoms with Crippen molar-refractivity contribution in [3.05, 3.63) is 54.7 Å². The van der Waals surface area contributed by atoms with Crippen LogP contribution in [-0.2, 0) is 6.42 Å². The van der Waals surface area contributed by atoms with Gasteiger partial charge in [-0.3, -0.25) is 0 Å². The Bertz CT molecular complexity index is 512. The van der Waals surface area contributed by atoms with E-state index in [4.69, 9.17) is 11.6 Å². The predicted molar refractivity (Wildman–Crippen MR) is 88.6 cm³/mol. The summed E-state index contributed by atoms with van der Waals surface area (Å²) in [6, 6.07) is 10.7. The van der Waals surface area contributed by atoms with Crippen LogP contribution in [0.25, 0.3) is 0 Å². The molecule has 1 N–H and O–H groups in total. The van der Waals surface area contributed by atoms with Gasteiger partial charge in [-0.2, -0.15) is 0 Å². The molecule has 1 aromatic carbocycles. The number of benzene rings is 1. The maximum Gasteiger partial charge on any atom is 0.0656 e. The lowest BCUT2D eigenvalue weighted by molar-refractivity contribution is 0.551. The molecule has 4 heteroatoms. The Labute approximate surface area is 131 Å². The smallest absolute Gasteiger partial charge is 0.0656 e. The van der Waals surface area contributed by atoms with Gasteiger partial charge in [-0.05, 0) is 64.2 Å². The van der Waals surface area contributed by atoms with Crippen LogP contribution in [0.3, 0.4) is 0 Å². The van der Waals surface area contributed by atoms with E-state index in [1.54, 1.807) is 11.3 Å². The Hall–Kier alpha value is -0.100. The maximum atomic E-state index is 6.23. The second-order valence-electron chi connectivity index (χ2n) is 4.09. The predicted octanol–water partition coefficient (Wildman–Crippen LogP) is 4.90. The van der Waals surface area contributed by atoms with Crippen molar-refractivity contribution in [1.29, 1.82) is 0 Å². The average Bonchev–Trinajstić information content (AvgIpc) is 2.78. The van der Waals surface area contributed by atoms with Crippen LogP contribution < -0.4 is 5.32 Å². The lowest BCUT2D eigenvalue weighted by atomic mass is 10.0. The van der Waals surface area contributed by atoms with Crippen molar-refractivity contribution >= 4 is 45.5 Å². The van der Waals surface area contributed by atoms with Gasteiger partial charge in [0.2, 0.25) is 0 Å². The largest absolute Gasteiger partial charge is 0.310 e. The van der Waals surface area contributed by atoms with Gasteiger partial charge in [-0.25, -0.2) is 0 Å². The molecule has 1 atom stereocenters. The Morgan fingerprint density at radius 3 is 2.78 bits per heavy atom. The second kappa shape index (κ2) is 6.89. The van der Waals surface area contributed by atoms with Gasteiger partial charge < -0.3 is 5.32 Å². The summed E-state index contributed by atoms with van der Waals surface area (Å²) < 4.78 is 1.32. The number of hydrogen-bond acceptors (Lipinski definition) is 2. The summed E-state index contributed by atoms with van der Waals surface area (Å²) in [6.07, 6.45) is 0.931. The van der Waals surface area contributed by atoms with Gasteiger partial charge in [0, 0.05) is 11.1 Å². The molecule has 0 spiro atoms. The lowest BCUT2D eigenvalue weighted by Gasteiger charge is -2.17. The third-order valence-electron chi connectivity index (χ3n) is 2.82. The third-order valence-corrected chi connectivity index (χ3v) is 5.00. The molecule has 0 amide bonds. The Kier molecular flexibility index (Phi) is 5.48. The van der Waals surface area contributed by atoms with Crippen LogP contribution >= 0.6 is 45.5 Å². The van der Waals surface area contributed by atoms with E-state index in [1.165, 1.54) is 14.0 Å². The highest BCUT2D eigenvalue weighted by Crippen LogP contribution is 2.27. The topological polar surface area (TPSA) is 12.0 Å². The number of thiophene rings is 1. The molecule has 96 valence electrons. The molecule has 0 saturated heterocycles. The summed E-state index contributed by atoms with van der Waals surface area (Å²) in [5.74, 6) is 0. The van der Waals surface area contributed by atoms with E-state index < -0.39 is 0 Å². The summed E-state index contributed by atoms with van der Waals surface area (Å²) in [4.78, 5) is 0. The van der Waals surface area contributed by atoms with Crippen LogP contribution in [0.2, 0.25) is 5.02 Å². The molecule has 0 fully saturated rings. The lowest BCUT2D eigenvalue weighted by Crippen LogP contribution is -2.22. The molecule has 0 saturated carbocycles. The van der Waals surface area contributed by atoms with E-state index in [0.717, 1.165) is 18.0 Å². The molecule has 0 aliphatic rings. The highest BCUT2D eigenvalue weighted by atomic mass is 127. The molecule has 1 aromatic heterocycles. The fraction of sp³-hybridized carbons (Fsp3) is 0.286. The van der Waals surface area contributed by atoms with Gasteiger partial charge in [-0.15, -0.1) is 11.3 Å². The summed E-state index contributed by atoms with van der Waals surface area (Å²) in [5, 5.41) is 6.61. The minimum Gasteiger partial charge on any atom is -0.310 e.